The molecule has 1 fully saturated rings. The van der Waals surface area contributed by atoms with Gasteiger partial charge in [-0.25, -0.2) is 4.98 Å². The van der Waals surface area contributed by atoms with Crippen LogP contribution in [-0.2, 0) is 0 Å². The Balaban J connectivity index is 2.07. The van der Waals surface area contributed by atoms with Crippen molar-refractivity contribution >= 4 is 11.6 Å². The molecule has 1 saturated carbocycles. The minimum atomic E-state index is 0.635. The largest absolute Gasteiger partial charge is 0.481 e. The molecule has 0 spiro atoms. The minimum Gasteiger partial charge on any atom is -0.481 e. The quantitative estimate of drug-likeness (QED) is 0.695. The Bertz CT molecular complexity index is 285. The summed E-state index contributed by atoms with van der Waals surface area (Å²) in [6.07, 6.45) is 3.09. The van der Waals surface area contributed by atoms with Crippen LogP contribution >= 0.6 is 11.6 Å². The van der Waals surface area contributed by atoms with Crippen LogP contribution in [0.1, 0.15) is 17.9 Å². The summed E-state index contributed by atoms with van der Waals surface area (Å²) in [4.78, 5) is 4.16. The smallest absolute Gasteiger partial charge is 0.212 e. The lowest BCUT2D eigenvalue weighted by Gasteiger charge is -2.00. The molecule has 1 heterocycles. The van der Waals surface area contributed by atoms with E-state index in [2.05, 4.69) is 11.1 Å². The average Bonchev–Trinajstić information content (AvgIpc) is 2.97. The molecule has 2 nitrogen and oxygen atoms in total. The van der Waals surface area contributed by atoms with Crippen molar-refractivity contribution in [2.75, 3.05) is 13.0 Å². The van der Waals surface area contributed by atoms with E-state index in [0.717, 1.165) is 5.88 Å². The predicted molar refractivity (Wildman–Crippen MR) is 52.4 cm³/mol. The molecule has 13 heavy (non-hydrogen) atoms. The number of pyridine rings is 1. The lowest BCUT2D eigenvalue weighted by molar-refractivity contribution is 0.397. The molecule has 0 radical (unpaired) electrons. The number of rotatable bonds is 3. The first-order chi connectivity index (χ1) is 6.35. The number of hydrogen-bond donors (Lipinski definition) is 0. The highest BCUT2D eigenvalue weighted by atomic mass is 35.5. The molecule has 0 saturated heterocycles. The topological polar surface area (TPSA) is 22.1 Å². The molecule has 0 aliphatic heterocycles. The van der Waals surface area contributed by atoms with Crippen LogP contribution in [0.5, 0.6) is 5.88 Å². The van der Waals surface area contributed by atoms with Gasteiger partial charge in [-0.3, -0.25) is 0 Å². The van der Waals surface area contributed by atoms with Gasteiger partial charge in [-0.2, -0.15) is 0 Å². The first kappa shape index (κ1) is 8.82. The highest BCUT2D eigenvalue weighted by Crippen LogP contribution is 2.47. The van der Waals surface area contributed by atoms with Gasteiger partial charge in [0.1, 0.15) is 0 Å². The van der Waals surface area contributed by atoms with Crippen LogP contribution in [0.3, 0.4) is 0 Å². The van der Waals surface area contributed by atoms with Crippen molar-refractivity contribution in [3.8, 4) is 5.88 Å². The van der Waals surface area contributed by atoms with Gasteiger partial charge in [0.25, 0.3) is 0 Å². The van der Waals surface area contributed by atoms with Crippen LogP contribution in [0.4, 0.5) is 0 Å². The normalized spacial score (nSPS) is 25.7. The molecule has 1 aromatic heterocycles. The van der Waals surface area contributed by atoms with Crippen LogP contribution in [-0.4, -0.2) is 18.0 Å². The Hall–Kier alpha value is -0.760. The third kappa shape index (κ3) is 1.78. The number of hydrogen-bond acceptors (Lipinski definition) is 2. The van der Waals surface area contributed by atoms with Crippen LogP contribution in [0.15, 0.2) is 18.3 Å². The fourth-order valence-electron chi connectivity index (χ4n) is 1.56. The molecule has 0 N–H and O–H groups in total. The molecule has 70 valence electrons. The van der Waals surface area contributed by atoms with Crippen molar-refractivity contribution in [1.29, 1.82) is 0 Å². The highest BCUT2D eigenvalue weighted by Gasteiger charge is 2.37. The Kier molecular flexibility index (Phi) is 2.40. The van der Waals surface area contributed by atoms with Crippen LogP contribution in [0, 0.1) is 5.92 Å². The van der Waals surface area contributed by atoms with E-state index in [4.69, 9.17) is 16.3 Å². The summed E-state index contributed by atoms with van der Waals surface area (Å²) in [5.41, 5.74) is 1.28. The first-order valence-electron chi connectivity index (χ1n) is 4.41. The molecule has 2 atom stereocenters. The van der Waals surface area contributed by atoms with Crippen LogP contribution in [0.25, 0.3) is 0 Å². The average molecular weight is 198 g/mol. The van der Waals surface area contributed by atoms with Gasteiger partial charge in [-0.15, -0.1) is 11.6 Å². The van der Waals surface area contributed by atoms with Gasteiger partial charge in [0.2, 0.25) is 5.88 Å². The van der Waals surface area contributed by atoms with E-state index in [9.17, 15) is 0 Å². The Morgan fingerprint density at radius 1 is 1.62 bits per heavy atom. The zero-order chi connectivity index (χ0) is 9.26. The Morgan fingerprint density at radius 2 is 2.46 bits per heavy atom. The summed E-state index contributed by atoms with van der Waals surface area (Å²) in [5, 5.41) is 0. The number of alkyl halides is 1. The monoisotopic (exact) mass is 197 g/mol. The molecule has 0 aromatic carbocycles. The SMILES string of the molecule is COc1ccc(C2CC2CCl)cn1. The molecule has 0 amide bonds. The number of halogens is 1. The summed E-state index contributed by atoms with van der Waals surface area (Å²) >= 11 is 5.76. The van der Waals surface area contributed by atoms with Crippen molar-refractivity contribution in [3.05, 3.63) is 23.9 Å². The van der Waals surface area contributed by atoms with Gasteiger partial charge < -0.3 is 4.74 Å². The number of ether oxygens (including phenoxy) is 1. The third-order valence-corrected chi connectivity index (χ3v) is 2.91. The Labute approximate surface area is 82.9 Å². The molecule has 2 rings (SSSR count). The second-order valence-corrected chi connectivity index (χ2v) is 3.70. The number of methoxy groups -OCH3 is 1. The Morgan fingerprint density at radius 3 is 2.92 bits per heavy atom. The van der Waals surface area contributed by atoms with Gasteiger partial charge in [-0.1, -0.05) is 6.07 Å². The lowest BCUT2D eigenvalue weighted by atomic mass is 10.1. The van der Waals surface area contributed by atoms with Crippen molar-refractivity contribution in [3.63, 3.8) is 0 Å². The standard InChI is InChI=1S/C10H12ClNO/c1-13-10-3-2-7(6-12-10)9-4-8(9)5-11/h2-3,6,8-9H,4-5H2,1H3. The summed E-state index contributed by atoms with van der Waals surface area (Å²) in [6, 6.07) is 3.97. The van der Waals surface area contributed by atoms with Crippen LogP contribution < -0.4 is 4.74 Å². The lowest BCUT2D eigenvalue weighted by Crippen LogP contribution is -1.89. The van der Waals surface area contributed by atoms with E-state index in [1.807, 2.05) is 12.3 Å². The zero-order valence-corrected chi connectivity index (χ0v) is 8.29. The van der Waals surface area contributed by atoms with Crippen LogP contribution in [0.2, 0.25) is 0 Å². The maximum absolute atomic E-state index is 5.76. The summed E-state index contributed by atoms with van der Waals surface area (Å²) in [7, 11) is 1.63. The fraction of sp³-hybridized carbons (Fsp3) is 0.500. The molecule has 1 aliphatic carbocycles. The molecule has 0 bridgehead atoms. The summed E-state index contributed by atoms with van der Waals surface area (Å²) < 4.78 is 4.99. The van der Waals surface area contributed by atoms with E-state index in [0.29, 0.717) is 17.7 Å². The van der Waals surface area contributed by atoms with Crippen molar-refractivity contribution < 1.29 is 4.74 Å². The van der Waals surface area contributed by atoms with Gasteiger partial charge in [-0.05, 0) is 23.8 Å². The zero-order valence-electron chi connectivity index (χ0n) is 7.53. The maximum atomic E-state index is 5.76. The highest BCUT2D eigenvalue weighted by molar-refractivity contribution is 6.18. The van der Waals surface area contributed by atoms with E-state index in [1.165, 1.54) is 12.0 Å². The summed E-state index contributed by atoms with van der Waals surface area (Å²) in [6.45, 7) is 0. The molecule has 1 aliphatic rings. The number of nitrogens with zero attached hydrogens (tertiary/aromatic N) is 1. The summed E-state index contributed by atoms with van der Waals surface area (Å²) in [5.74, 6) is 2.73. The van der Waals surface area contributed by atoms with Crippen molar-refractivity contribution in [2.24, 2.45) is 5.92 Å². The fourth-order valence-corrected chi connectivity index (χ4v) is 1.90. The van der Waals surface area contributed by atoms with Gasteiger partial charge in [0.15, 0.2) is 0 Å². The van der Waals surface area contributed by atoms with Gasteiger partial charge in [0.05, 0.1) is 7.11 Å². The predicted octanol–water partition coefficient (Wildman–Crippen LogP) is 2.43. The number of aromatic nitrogens is 1. The molecule has 2 unspecified atom stereocenters. The molecular formula is C10H12ClNO. The van der Waals surface area contributed by atoms with Crippen molar-refractivity contribution in [2.45, 2.75) is 12.3 Å². The maximum Gasteiger partial charge on any atom is 0.212 e. The molecule has 1 aromatic rings. The van der Waals surface area contributed by atoms with E-state index >= 15 is 0 Å². The molecular weight excluding hydrogens is 186 g/mol. The first-order valence-corrected chi connectivity index (χ1v) is 4.94. The van der Waals surface area contributed by atoms with E-state index in [-0.39, 0.29) is 0 Å². The second-order valence-electron chi connectivity index (χ2n) is 3.39. The molecule has 3 heteroatoms. The van der Waals surface area contributed by atoms with Gasteiger partial charge in [0, 0.05) is 18.1 Å². The van der Waals surface area contributed by atoms with Gasteiger partial charge >= 0.3 is 0 Å². The second kappa shape index (κ2) is 3.54. The van der Waals surface area contributed by atoms with E-state index < -0.39 is 0 Å². The van der Waals surface area contributed by atoms with E-state index in [1.54, 1.807) is 7.11 Å². The van der Waals surface area contributed by atoms with Crippen molar-refractivity contribution in [1.82, 2.24) is 4.98 Å². The third-order valence-electron chi connectivity index (χ3n) is 2.52. The minimum absolute atomic E-state index is 0.635.